The van der Waals surface area contributed by atoms with Crippen LogP contribution in [0.2, 0.25) is 0 Å². The van der Waals surface area contributed by atoms with E-state index in [0.717, 1.165) is 43.3 Å². The molecule has 0 unspecified atom stereocenters. The van der Waals surface area contributed by atoms with E-state index in [1.165, 1.54) is 17.7 Å². The van der Waals surface area contributed by atoms with E-state index in [-0.39, 0.29) is 11.6 Å². The van der Waals surface area contributed by atoms with Crippen molar-refractivity contribution in [1.82, 2.24) is 9.47 Å². The summed E-state index contributed by atoms with van der Waals surface area (Å²) in [5, 5.41) is 0.721. The molecule has 3 nitrogen and oxygen atoms in total. The van der Waals surface area contributed by atoms with Crippen molar-refractivity contribution in [1.29, 1.82) is 0 Å². The van der Waals surface area contributed by atoms with Gasteiger partial charge in [0.05, 0.1) is 0 Å². The van der Waals surface area contributed by atoms with Crippen LogP contribution in [0.15, 0.2) is 60.9 Å². The summed E-state index contributed by atoms with van der Waals surface area (Å²) < 4.78 is 15.5. The number of benzene rings is 2. The zero-order chi connectivity index (χ0) is 20.2. The summed E-state index contributed by atoms with van der Waals surface area (Å²) in [5.74, 6) is 0.397. The predicted octanol–water partition coefficient (Wildman–Crippen LogP) is 5.66. The van der Waals surface area contributed by atoms with Crippen molar-refractivity contribution in [2.75, 3.05) is 13.1 Å². The largest absolute Gasteiger partial charge is 0.377 e. The zero-order valence-corrected chi connectivity index (χ0v) is 16.9. The summed E-state index contributed by atoms with van der Waals surface area (Å²) >= 11 is 0. The van der Waals surface area contributed by atoms with Gasteiger partial charge in [-0.05, 0) is 61.2 Å². The Bertz CT molecular complexity index is 1010. The van der Waals surface area contributed by atoms with Gasteiger partial charge in [0.2, 0.25) is 0 Å². The third-order valence-electron chi connectivity index (χ3n) is 5.96. The Kier molecular flexibility index (Phi) is 5.79. The number of hydrogen-bond donors (Lipinski definition) is 0. The number of hydrogen-bond acceptors (Lipinski definition) is 2. The lowest BCUT2D eigenvalue weighted by molar-refractivity contribution is 0.0968. The third-order valence-corrected chi connectivity index (χ3v) is 5.96. The molecule has 0 amide bonds. The fourth-order valence-corrected chi connectivity index (χ4v) is 4.20. The van der Waals surface area contributed by atoms with Crippen LogP contribution in [0.4, 0.5) is 4.39 Å². The van der Waals surface area contributed by atoms with Crippen LogP contribution in [0.25, 0.3) is 17.0 Å². The van der Waals surface area contributed by atoms with Gasteiger partial charge < -0.3 is 9.47 Å². The Balaban J connectivity index is 1.30. The van der Waals surface area contributed by atoms with Gasteiger partial charge in [-0.3, -0.25) is 4.79 Å². The van der Waals surface area contributed by atoms with E-state index in [1.54, 1.807) is 6.07 Å². The fourth-order valence-electron chi connectivity index (χ4n) is 4.20. The molecule has 1 fully saturated rings. The molecule has 0 saturated carbocycles. The summed E-state index contributed by atoms with van der Waals surface area (Å²) in [7, 11) is 1.90. The number of nitrogens with zero attached hydrogens (tertiary/aromatic N) is 2. The molecule has 4 heteroatoms. The summed E-state index contributed by atoms with van der Waals surface area (Å²) in [6, 6.07) is 15.0. The standard InChI is InChI=1S/C25H27FN2O/c1-27-18-23(22-17-21(26)8-9-24(22)27)25(29)10-7-20-12-15-28(16-13-20)14-11-19-5-3-2-4-6-19/h2-6,8-9,11,14,17-18,20H,7,10,12-13,15-16H2,1H3. The molecule has 0 atom stereocenters. The van der Waals surface area contributed by atoms with E-state index in [2.05, 4.69) is 29.3 Å². The second kappa shape index (κ2) is 8.64. The number of ketones is 1. The molecule has 1 aliphatic rings. The van der Waals surface area contributed by atoms with Gasteiger partial charge in [-0.2, -0.15) is 0 Å². The molecule has 0 spiro atoms. The summed E-state index contributed by atoms with van der Waals surface area (Å²) in [5.41, 5.74) is 2.75. The van der Waals surface area contributed by atoms with Gasteiger partial charge in [0, 0.05) is 49.2 Å². The average Bonchev–Trinajstić information content (AvgIpc) is 3.07. The smallest absolute Gasteiger partial charge is 0.165 e. The molecule has 1 aromatic heterocycles. The monoisotopic (exact) mass is 390 g/mol. The van der Waals surface area contributed by atoms with Crippen LogP contribution < -0.4 is 0 Å². The molecule has 0 bridgehead atoms. The highest BCUT2D eigenvalue weighted by molar-refractivity contribution is 6.08. The number of Topliss-reactive ketones (excluding diaryl/α,β-unsaturated/α-hetero) is 1. The number of rotatable bonds is 6. The topological polar surface area (TPSA) is 25.2 Å². The van der Waals surface area contributed by atoms with Gasteiger partial charge in [-0.15, -0.1) is 0 Å². The molecule has 1 saturated heterocycles. The first-order chi connectivity index (χ1) is 14.1. The third kappa shape index (κ3) is 4.58. The first kappa shape index (κ1) is 19.4. The lowest BCUT2D eigenvalue weighted by atomic mass is 9.90. The Morgan fingerprint density at radius 2 is 1.90 bits per heavy atom. The number of fused-ring (bicyclic) bond motifs is 1. The lowest BCUT2D eigenvalue weighted by Gasteiger charge is -2.31. The normalized spacial score (nSPS) is 15.4. The average molecular weight is 391 g/mol. The van der Waals surface area contributed by atoms with E-state index in [4.69, 9.17) is 0 Å². The molecular weight excluding hydrogens is 363 g/mol. The van der Waals surface area contributed by atoms with Crippen LogP contribution in [-0.2, 0) is 7.05 Å². The van der Waals surface area contributed by atoms with E-state index in [1.807, 2.05) is 36.0 Å². The van der Waals surface area contributed by atoms with Crippen molar-refractivity contribution in [2.24, 2.45) is 13.0 Å². The number of halogens is 1. The molecule has 1 aliphatic heterocycles. The van der Waals surface area contributed by atoms with Crippen molar-refractivity contribution >= 4 is 22.8 Å². The van der Waals surface area contributed by atoms with Crippen molar-refractivity contribution < 1.29 is 9.18 Å². The quantitative estimate of drug-likeness (QED) is 0.507. The second-order valence-corrected chi connectivity index (χ2v) is 7.98. The first-order valence-corrected chi connectivity index (χ1v) is 10.4. The van der Waals surface area contributed by atoms with Crippen LogP contribution in [0.5, 0.6) is 0 Å². The predicted molar refractivity (Wildman–Crippen MR) is 116 cm³/mol. The SMILES string of the molecule is Cn1cc(C(=O)CCC2CCN(C=Cc3ccccc3)CC2)c2cc(F)ccc21. The molecule has 3 aromatic rings. The van der Waals surface area contributed by atoms with Gasteiger partial charge in [0.15, 0.2) is 5.78 Å². The van der Waals surface area contributed by atoms with Gasteiger partial charge in [-0.25, -0.2) is 4.39 Å². The molecular formula is C25H27FN2O. The van der Waals surface area contributed by atoms with Crippen LogP contribution in [0.1, 0.15) is 41.6 Å². The molecule has 150 valence electrons. The highest BCUT2D eigenvalue weighted by Gasteiger charge is 2.20. The van der Waals surface area contributed by atoms with E-state index in [0.29, 0.717) is 17.9 Å². The zero-order valence-electron chi connectivity index (χ0n) is 16.9. The van der Waals surface area contributed by atoms with Crippen molar-refractivity contribution in [3.8, 4) is 0 Å². The minimum atomic E-state index is -0.298. The van der Waals surface area contributed by atoms with Crippen LogP contribution in [-0.4, -0.2) is 28.3 Å². The van der Waals surface area contributed by atoms with Gasteiger partial charge in [-0.1, -0.05) is 30.3 Å². The van der Waals surface area contributed by atoms with Crippen LogP contribution in [0, 0.1) is 11.7 Å². The Morgan fingerprint density at radius 1 is 1.14 bits per heavy atom. The number of likely N-dealkylation sites (tertiary alicyclic amines) is 1. The Labute approximate surface area is 171 Å². The van der Waals surface area contributed by atoms with Gasteiger partial charge in [0.25, 0.3) is 0 Å². The molecule has 0 radical (unpaired) electrons. The second-order valence-electron chi connectivity index (χ2n) is 7.98. The maximum atomic E-state index is 13.6. The Morgan fingerprint density at radius 3 is 2.66 bits per heavy atom. The molecule has 4 rings (SSSR count). The highest BCUT2D eigenvalue weighted by Crippen LogP contribution is 2.26. The van der Waals surface area contributed by atoms with Crippen molar-refractivity contribution in [2.45, 2.75) is 25.7 Å². The van der Waals surface area contributed by atoms with E-state index >= 15 is 0 Å². The number of piperidine rings is 1. The molecule has 2 heterocycles. The number of carbonyl (C=O) groups excluding carboxylic acids is 1. The molecule has 2 aromatic carbocycles. The van der Waals surface area contributed by atoms with Crippen molar-refractivity contribution in [3.05, 3.63) is 77.9 Å². The fraction of sp³-hybridized carbons (Fsp3) is 0.320. The number of aryl methyl sites for hydroxylation is 1. The van der Waals surface area contributed by atoms with Crippen LogP contribution in [0.3, 0.4) is 0 Å². The van der Waals surface area contributed by atoms with E-state index in [9.17, 15) is 9.18 Å². The first-order valence-electron chi connectivity index (χ1n) is 10.4. The molecule has 0 aliphatic carbocycles. The lowest BCUT2D eigenvalue weighted by Crippen LogP contribution is -2.29. The summed E-state index contributed by atoms with van der Waals surface area (Å²) in [6.07, 6.45) is 9.82. The number of carbonyl (C=O) groups is 1. The van der Waals surface area contributed by atoms with Gasteiger partial charge in [0.1, 0.15) is 5.82 Å². The minimum Gasteiger partial charge on any atom is -0.377 e. The Hall–Kier alpha value is -2.88. The van der Waals surface area contributed by atoms with Crippen molar-refractivity contribution in [3.63, 3.8) is 0 Å². The minimum absolute atomic E-state index is 0.118. The number of aromatic nitrogens is 1. The molecule has 29 heavy (non-hydrogen) atoms. The van der Waals surface area contributed by atoms with Gasteiger partial charge >= 0.3 is 0 Å². The van der Waals surface area contributed by atoms with E-state index < -0.39 is 0 Å². The molecule has 0 N–H and O–H groups in total. The highest BCUT2D eigenvalue weighted by atomic mass is 19.1. The maximum Gasteiger partial charge on any atom is 0.165 e. The summed E-state index contributed by atoms with van der Waals surface area (Å²) in [4.78, 5) is 15.2. The van der Waals surface area contributed by atoms with Crippen LogP contribution >= 0.6 is 0 Å². The maximum absolute atomic E-state index is 13.6. The summed E-state index contributed by atoms with van der Waals surface area (Å²) in [6.45, 7) is 2.06.